The molecule has 0 bridgehead atoms. The van der Waals surface area contributed by atoms with Gasteiger partial charge in [0.15, 0.2) is 0 Å². The van der Waals surface area contributed by atoms with Crippen LogP contribution in [0.15, 0.2) is 34.0 Å². The molecule has 0 aliphatic carbocycles. The number of anilines is 1. The van der Waals surface area contributed by atoms with Gasteiger partial charge in [-0.1, -0.05) is 61.2 Å². The van der Waals surface area contributed by atoms with Crippen molar-refractivity contribution < 1.29 is 4.79 Å². The number of para-hydroxylation sites is 1. The molecule has 2 aliphatic rings. The number of hydrogen-bond donors (Lipinski definition) is 0. The van der Waals surface area contributed by atoms with Crippen LogP contribution in [0.4, 0.5) is 5.69 Å². The van der Waals surface area contributed by atoms with Crippen molar-refractivity contribution >= 4 is 72.9 Å². The highest BCUT2D eigenvalue weighted by molar-refractivity contribution is 8.30. The van der Waals surface area contributed by atoms with Crippen molar-refractivity contribution in [3.63, 3.8) is 0 Å². The van der Waals surface area contributed by atoms with Gasteiger partial charge in [-0.15, -0.1) is 11.3 Å². The van der Waals surface area contributed by atoms with Gasteiger partial charge in [0.25, 0.3) is 11.5 Å². The second kappa shape index (κ2) is 7.70. The van der Waals surface area contributed by atoms with E-state index in [9.17, 15) is 9.59 Å². The minimum Gasteiger partial charge on any atom is -0.337 e. The van der Waals surface area contributed by atoms with Gasteiger partial charge < -0.3 is 4.90 Å². The predicted molar refractivity (Wildman–Crippen MR) is 123 cm³/mol. The molecule has 3 heterocycles. The number of amides is 1. The SMILES string of the molecule is CCCCn1c(=O)/c(=C2/Sc3ccccc3N2C)s/c1=C1\SC(=S)N(C)C1=O. The summed E-state index contributed by atoms with van der Waals surface area (Å²) in [5, 5.41) is 0.916. The molecular formula is C19H19N3O2S4. The van der Waals surface area contributed by atoms with Crippen molar-refractivity contribution in [3.05, 3.63) is 43.8 Å². The third-order valence-electron chi connectivity index (χ3n) is 4.71. The largest absolute Gasteiger partial charge is 0.337 e. The highest BCUT2D eigenvalue weighted by Gasteiger charge is 2.32. The van der Waals surface area contributed by atoms with Crippen molar-refractivity contribution in [1.82, 2.24) is 9.47 Å². The van der Waals surface area contributed by atoms with Crippen LogP contribution in [0.2, 0.25) is 0 Å². The Morgan fingerprint density at radius 1 is 1.07 bits per heavy atom. The van der Waals surface area contributed by atoms with Crippen molar-refractivity contribution in [2.45, 2.75) is 31.2 Å². The standard InChI is InChI=1S/C19H19N3O2S4/c1-4-5-10-22-16(24)14(17-20(2)11-8-6-7-9-12(11)26-17)27-18(22)13-15(23)21(3)19(25)28-13/h6-9H,4-5,10H2,1-3H3/b17-14-,18-13-. The van der Waals surface area contributed by atoms with Crippen LogP contribution in [-0.4, -0.2) is 33.8 Å². The van der Waals surface area contributed by atoms with E-state index in [-0.39, 0.29) is 11.5 Å². The van der Waals surface area contributed by atoms with Gasteiger partial charge in [-0.2, -0.15) is 0 Å². The van der Waals surface area contributed by atoms with E-state index in [0.29, 0.717) is 25.0 Å². The summed E-state index contributed by atoms with van der Waals surface area (Å²) in [4.78, 5) is 31.2. The summed E-state index contributed by atoms with van der Waals surface area (Å²) in [7, 11) is 3.66. The van der Waals surface area contributed by atoms with E-state index in [1.54, 1.807) is 23.4 Å². The molecule has 28 heavy (non-hydrogen) atoms. The Kier molecular flexibility index (Phi) is 5.43. The van der Waals surface area contributed by atoms with Gasteiger partial charge in [-0.3, -0.25) is 19.1 Å². The lowest BCUT2D eigenvalue weighted by Crippen LogP contribution is -2.35. The number of carbonyl (C=O) groups excluding carboxylic acids is 1. The van der Waals surface area contributed by atoms with Crippen LogP contribution >= 0.6 is 47.1 Å². The summed E-state index contributed by atoms with van der Waals surface area (Å²) in [6, 6.07) is 8.12. The number of unbranched alkanes of at least 4 members (excludes halogenated alkanes) is 1. The molecule has 1 fully saturated rings. The van der Waals surface area contributed by atoms with Gasteiger partial charge in [-0.25, -0.2) is 0 Å². The fourth-order valence-electron chi connectivity index (χ4n) is 3.10. The van der Waals surface area contributed by atoms with Crippen LogP contribution in [0.5, 0.6) is 0 Å². The van der Waals surface area contributed by atoms with E-state index in [4.69, 9.17) is 12.2 Å². The summed E-state index contributed by atoms with van der Waals surface area (Å²) in [6.07, 6.45) is 1.86. The molecule has 1 aromatic carbocycles. The molecule has 9 heteroatoms. The van der Waals surface area contributed by atoms with Crippen LogP contribution in [-0.2, 0) is 11.3 Å². The third-order valence-corrected chi connectivity index (χ3v) is 8.94. The maximum Gasteiger partial charge on any atom is 0.271 e. The number of thiocarbonyl (C=S) groups is 1. The normalized spacial score (nSPS) is 20.4. The van der Waals surface area contributed by atoms with E-state index in [0.717, 1.165) is 28.5 Å². The molecular weight excluding hydrogens is 430 g/mol. The van der Waals surface area contributed by atoms with E-state index in [1.165, 1.54) is 28.0 Å². The summed E-state index contributed by atoms with van der Waals surface area (Å²) in [6.45, 7) is 2.69. The van der Waals surface area contributed by atoms with Crippen molar-refractivity contribution in [2.75, 3.05) is 19.0 Å². The minimum atomic E-state index is -0.131. The van der Waals surface area contributed by atoms with Gasteiger partial charge >= 0.3 is 0 Å². The van der Waals surface area contributed by atoms with Crippen LogP contribution in [0, 0.1) is 0 Å². The van der Waals surface area contributed by atoms with Gasteiger partial charge in [0.2, 0.25) is 0 Å². The van der Waals surface area contributed by atoms with Crippen molar-refractivity contribution in [2.24, 2.45) is 0 Å². The Bertz CT molecular complexity index is 1160. The third kappa shape index (κ3) is 3.14. The van der Waals surface area contributed by atoms with Gasteiger partial charge in [-0.05, 0) is 18.6 Å². The molecule has 0 N–H and O–H groups in total. The van der Waals surface area contributed by atoms with E-state index in [2.05, 4.69) is 24.0 Å². The quantitative estimate of drug-likeness (QED) is 0.672. The fourth-order valence-corrected chi connectivity index (χ4v) is 6.91. The van der Waals surface area contributed by atoms with E-state index < -0.39 is 0 Å². The average molecular weight is 450 g/mol. The molecule has 0 atom stereocenters. The molecule has 0 unspecified atom stereocenters. The molecule has 1 aromatic heterocycles. The molecule has 0 radical (unpaired) electrons. The summed E-state index contributed by atoms with van der Waals surface area (Å²) < 4.78 is 3.68. The zero-order valence-corrected chi connectivity index (χ0v) is 19.0. The number of aromatic nitrogens is 1. The lowest BCUT2D eigenvalue weighted by atomic mass is 10.3. The Labute approximate surface area is 180 Å². The minimum absolute atomic E-state index is 0.0306. The highest BCUT2D eigenvalue weighted by Crippen LogP contribution is 2.45. The first kappa shape index (κ1) is 19.8. The molecule has 2 aliphatic heterocycles. The molecule has 0 spiro atoms. The molecule has 1 amide bonds. The lowest BCUT2D eigenvalue weighted by Gasteiger charge is -2.11. The second-order valence-electron chi connectivity index (χ2n) is 6.54. The number of thiazole rings is 1. The zero-order chi connectivity index (χ0) is 20.0. The highest BCUT2D eigenvalue weighted by atomic mass is 32.2. The summed E-state index contributed by atoms with van der Waals surface area (Å²) >= 11 is 9.57. The monoisotopic (exact) mass is 449 g/mol. The summed E-state index contributed by atoms with van der Waals surface area (Å²) in [5.74, 6) is -0.131. The number of carbonyl (C=O) groups is 1. The maximum absolute atomic E-state index is 13.3. The number of hydrogen-bond acceptors (Lipinski definition) is 7. The maximum atomic E-state index is 13.3. The first-order valence-electron chi connectivity index (χ1n) is 8.92. The molecule has 4 rings (SSSR count). The topological polar surface area (TPSA) is 45.6 Å². The van der Waals surface area contributed by atoms with E-state index >= 15 is 0 Å². The van der Waals surface area contributed by atoms with Crippen LogP contribution in [0.3, 0.4) is 0 Å². The predicted octanol–water partition coefficient (Wildman–Crippen LogP) is 2.62. The average Bonchev–Trinajstić information content (AvgIpc) is 3.28. The Balaban J connectivity index is 1.98. The number of rotatable bonds is 3. The molecule has 0 saturated carbocycles. The lowest BCUT2D eigenvalue weighted by molar-refractivity contribution is -0.119. The fraction of sp³-hybridized carbons (Fsp3) is 0.316. The molecule has 146 valence electrons. The van der Waals surface area contributed by atoms with Crippen LogP contribution in [0.25, 0.3) is 9.93 Å². The Hall–Kier alpha value is -1.55. The first-order chi connectivity index (χ1) is 13.4. The summed E-state index contributed by atoms with van der Waals surface area (Å²) in [5.41, 5.74) is 1.06. The zero-order valence-electron chi connectivity index (χ0n) is 15.7. The van der Waals surface area contributed by atoms with Gasteiger partial charge in [0.05, 0.1) is 5.69 Å². The van der Waals surface area contributed by atoms with Gasteiger partial charge in [0.1, 0.15) is 23.4 Å². The number of thioether (sulfide) groups is 2. The van der Waals surface area contributed by atoms with Crippen LogP contribution in [0.1, 0.15) is 19.8 Å². The molecule has 1 saturated heterocycles. The Morgan fingerprint density at radius 2 is 1.82 bits per heavy atom. The molecule has 2 aromatic rings. The number of fused-ring (bicyclic) bond motifs is 1. The number of benzene rings is 1. The van der Waals surface area contributed by atoms with E-state index in [1.807, 2.05) is 19.2 Å². The van der Waals surface area contributed by atoms with Crippen LogP contribution < -0.4 is 19.7 Å². The smallest absolute Gasteiger partial charge is 0.271 e. The number of nitrogens with zero attached hydrogens (tertiary/aromatic N) is 3. The van der Waals surface area contributed by atoms with Crippen molar-refractivity contribution in [1.29, 1.82) is 0 Å². The molecule has 5 nitrogen and oxygen atoms in total. The van der Waals surface area contributed by atoms with Crippen molar-refractivity contribution in [3.8, 4) is 0 Å². The Morgan fingerprint density at radius 3 is 2.46 bits per heavy atom. The van der Waals surface area contributed by atoms with Gasteiger partial charge in [0, 0.05) is 25.5 Å². The second-order valence-corrected chi connectivity index (χ2v) is 10.2. The first-order valence-corrected chi connectivity index (χ1v) is 11.8.